The summed E-state index contributed by atoms with van der Waals surface area (Å²) in [5.74, 6) is 0. The van der Waals surface area contributed by atoms with Crippen molar-refractivity contribution in [3.05, 3.63) is 0 Å². The second-order valence-corrected chi connectivity index (χ2v) is 4.41. The molecule has 0 aromatic rings. The third-order valence-electron chi connectivity index (χ3n) is 1.12. The first-order chi connectivity index (χ1) is 4.50. The van der Waals surface area contributed by atoms with Gasteiger partial charge >= 0.3 is 61.5 Å². The summed E-state index contributed by atoms with van der Waals surface area (Å²) in [5, 5.41) is 2.52. The fourth-order valence-corrected chi connectivity index (χ4v) is 2.08. The SMILES string of the molecule is C1COCC[Se]CCO1. The van der Waals surface area contributed by atoms with Gasteiger partial charge in [0.1, 0.15) is 0 Å². The van der Waals surface area contributed by atoms with E-state index in [0.717, 1.165) is 41.4 Å². The van der Waals surface area contributed by atoms with Crippen molar-refractivity contribution >= 4 is 15.0 Å². The van der Waals surface area contributed by atoms with Gasteiger partial charge in [0.25, 0.3) is 0 Å². The quantitative estimate of drug-likeness (QED) is 0.526. The Morgan fingerprint density at radius 2 is 1.33 bits per heavy atom. The van der Waals surface area contributed by atoms with E-state index < -0.39 is 0 Å². The summed E-state index contributed by atoms with van der Waals surface area (Å²) in [6.45, 7) is 3.47. The van der Waals surface area contributed by atoms with Gasteiger partial charge in [-0.3, -0.25) is 0 Å². The fourth-order valence-electron chi connectivity index (χ4n) is 0.660. The van der Waals surface area contributed by atoms with E-state index >= 15 is 0 Å². The van der Waals surface area contributed by atoms with Crippen LogP contribution < -0.4 is 0 Å². The topological polar surface area (TPSA) is 18.5 Å². The Balaban J connectivity index is 2.02. The molecule has 0 saturated carbocycles. The normalized spacial score (nSPS) is 24.0. The van der Waals surface area contributed by atoms with Crippen molar-refractivity contribution < 1.29 is 9.47 Å². The van der Waals surface area contributed by atoms with E-state index in [2.05, 4.69) is 0 Å². The third kappa shape index (κ3) is 3.93. The predicted molar refractivity (Wildman–Crippen MR) is 37.0 cm³/mol. The summed E-state index contributed by atoms with van der Waals surface area (Å²) in [6, 6.07) is 0. The van der Waals surface area contributed by atoms with Gasteiger partial charge in [-0.05, 0) is 0 Å². The van der Waals surface area contributed by atoms with Gasteiger partial charge in [0, 0.05) is 0 Å². The molecule has 0 radical (unpaired) electrons. The van der Waals surface area contributed by atoms with Gasteiger partial charge in [0.15, 0.2) is 0 Å². The van der Waals surface area contributed by atoms with E-state index in [1.54, 1.807) is 0 Å². The number of rotatable bonds is 0. The van der Waals surface area contributed by atoms with Crippen LogP contribution in [-0.2, 0) is 9.47 Å². The molecule has 1 aliphatic rings. The van der Waals surface area contributed by atoms with Gasteiger partial charge in [0.2, 0.25) is 0 Å². The molecule has 3 heteroatoms. The second kappa shape index (κ2) is 5.24. The van der Waals surface area contributed by atoms with Gasteiger partial charge in [-0.25, -0.2) is 0 Å². The Morgan fingerprint density at radius 3 is 1.89 bits per heavy atom. The average molecular weight is 195 g/mol. The van der Waals surface area contributed by atoms with E-state index in [9.17, 15) is 0 Å². The predicted octanol–water partition coefficient (Wildman–Crippen LogP) is 0.574. The maximum absolute atomic E-state index is 5.25. The standard InChI is InChI=1S/C6H12O2Se/c1-2-8-4-6-9-5-3-7-1/h1-6H2. The van der Waals surface area contributed by atoms with E-state index in [0.29, 0.717) is 0 Å². The van der Waals surface area contributed by atoms with Crippen molar-refractivity contribution in [1.29, 1.82) is 0 Å². The number of hydrogen-bond acceptors (Lipinski definition) is 2. The zero-order valence-corrected chi connectivity index (χ0v) is 7.18. The molecule has 0 aromatic carbocycles. The Morgan fingerprint density at radius 1 is 0.778 bits per heavy atom. The molecule has 0 unspecified atom stereocenters. The van der Waals surface area contributed by atoms with Crippen LogP contribution >= 0.6 is 0 Å². The van der Waals surface area contributed by atoms with Crippen molar-refractivity contribution in [3.8, 4) is 0 Å². The van der Waals surface area contributed by atoms with Crippen LogP contribution in [0.25, 0.3) is 0 Å². The van der Waals surface area contributed by atoms with Crippen molar-refractivity contribution in [2.24, 2.45) is 0 Å². The average Bonchev–Trinajstić information content (AvgIpc) is 2.00. The Kier molecular flexibility index (Phi) is 4.39. The summed E-state index contributed by atoms with van der Waals surface area (Å²) in [6.07, 6.45) is 0. The molecule has 1 aliphatic heterocycles. The van der Waals surface area contributed by atoms with E-state index in [4.69, 9.17) is 9.47 Å². The molecule has 9 heavy (non-hydrogen) atoms. The molecule has 0 aliphatic carbocycles. The van der Waals surface area contributed by atoms with Crippen molar-refractivity contribution in [2.75, 3.05) is 26.4 Å². The summed E-state index contributed by atoms with van der Waals surface area (Å²) < 4.78 is 10.5. The van der Waals surface area contributed by atoms with Crippen LogP contribution in [0.5, 0.6) is 0 Å². The van der Waals surface area contributed by atoms with Crippen LogP contribution in [0.1, 0.15) is 0 Å². The van der Waals surface area contributed by atoms with Crippen LogP contribution in [0.15, 0.2) is 0 Å². The number of ether oxygens (including phenoxy) is 2. The van der Waals surface area contributed by atoms with Crippen LogP contribution in [0.4, 0.5) is 0 Å². The van der Waals surface area contributed by atoms with Crippen molar-refractivity contribution in [1.82, 2.24) is 0 Å². The molecule has 1 heterocycles. The molecule has 0 atom stereocenters. The molecule has 0 amide bonds. The van der Waals surface area contributed by atoms with E-state index in [1.807, 2.05) is 0 Å². The molecule has 1 fully saturated rings. The van der Waals surface area contributed by atoms with Gasteiger partial charge in [-0.2, -0.15) is 0 Å². The van der Waals surface area contributed by atoms with Crippen molar-refractivity contribution in [2.45, 2.75) is 10.6 Å². The second-order valence-electron chi connectivity index (χ2n) is 1.84. The minimum absolute atomic E-state index is 0.768. The minimum atomic E-state index is 0.768. The van der Waals surface area contributed by atoms with Crippen LogP contribution in [0.2, 0.25) is 10.6 Å². The zero-order valence-electron chi connectivity index (χ0n) is 5.47. The van der Waals surface area contributed by atoms with Crippen LogP contribution in [-0.4, -0.2) is 41.4 Å². The third-order valence-corrected chi connectivity index (χ3v) is 3.03. The van der Waals surface area contributed by atoms with E-state index in [1.165, 1.54) is 10.6 Å². The monoisotopic (exact) mass is 196 g/mol. The molecular formula is C6H12O2Se. The van der Waals surface area contributed by atoms with Gasteiger partial charge < -0.3 is 0 Å². The first-order valence-corrected chi connectivity index (χ1v) is 5.65. The molecule has 2 nitrogen and oxygen atoms in total. The van der Waals surface area contributed by atoms with Gasteiger partial charge in [0.05, 0.1) is 0 Å². The van der Waals surface area contributed by atoms with Crippen molar-refractivity contribution in [3.63, 3.8) is 0 Å². The van der Waals surface area contributed by atoms with Gasteiger partial charge in [-0.1, -0.05) is 0 Å². The Bertz CT molecular complexity index is 39.5. The summed E-state index contributed by atoms with van der Waals surface area (Å²) in [4.78, 5) is 0. The molecular weight excluding hydrogens is 183 g/mol. The molecule has 54 valence electrons. The maximum atomic E-state index is 5.25. The molecule has 0 N–H and O–H groups in total. The summed E-state index contributed by atoms with van der Waals surface area (Å²) in [7, 11) is 0. The molecule has 0 spiro atoms. The first-order valence-electron chi connectivity index (χ1n) is 3.23. The summed E-state index contributed by atoms with van der Waals surface area (Å²) >= 11 is 0.768. The Hall–Kier alpha value is 0.439. The number of hydrogen-bond donors (Lipinski definition) is 0. The zero-order chi connectivity index (χ0) is 6.36. The fraction of sp³-hybridized carbons (Fsp3) is 1.00. The first kappa shape index (κ1) is 7.55. The molecule has 1 saturated heterocycles. The van der Waals surface area contributed by atoms with Gasteiger partial charge in [-0.15, -0.1) is 0 Å². The molecule has 0 bridgehead atoms. The molecule has 0 aromatic heterocycles. The van der Waals surface area contributed by atoms with Crippen LogP contribution in [0.3, 0.4) is 0 Å². The summed E-state index contributed by atoms with van der Waals surface area (Å²) in [5.41, 5.74) is 0. The van der Waals surface area contributed by atoms with Crippen LogP contribution in [0, 0.1) is 0 Å². The van der Waals surface area contributed by atoms with E-state index in [-0.39, 0.29) is 0 Å². The molecule has 1 rings (SSSR count). The Labute approximate surface area is 62.1 Å².